The molecule has 0 bridgehead atoms. The molecule has 3 aromatic rings. The van der Waals surface area contributed by atoms with Crippen LogP contribution >= 0.6 is 11.6 Å². The molecule has 0 saturated heterocycles. The third-order valence-corrected chi connectivity index (χ3v) is 4.51. The number of rotatable bonds is 6. The lowest BCUT2D eigenvalue weighted by molar-refractivity contribution is -0.119. The van der Waals surface area contributed by atoms with Gasteiger partial charge >= 0.3 is 0 Å². The van der Waals surface area contributed by atoms with Crippen molar-refractivity contribution in [2.75, 3.05) is 11.9 Å². The molecule has 2 aromatic heterocycles. The maximum absolute atomic E-state index is 12.0. The fraction of sp³-hybridized carbons (Fsp3) is 0.143. The maximum Gasteiger partial charge on any atom is 0.239 e. The summed E-state index contributed by atoms with van der Waals surface area (Å²) in [5, 5.41) is 10.6. The Balaban J connectivity index is 1.57. The predicted molar refractivity (Wildman–Crippen MR) is 94.8 cm³/mol. The van der Waals surface area contributed by atoms with Gasteiger partial charge in [-0.3, -0.25) is 4.79 Å². The van der Waals surface area contributed by atoms with Gasteiger partial charge in [0.05, 0.1) is 17.8 Å². The highest BCUT2D eigenvalue weighted by atomic mass is 35.5. The number of benzene rings is 1. The van der Waals surface area contributed by atoms with Gasteiger partial charge < -0.3 is 15.6 Å². The van der Waals surface area contributed by atoms with Crippen LogP contribution in [0, 0.1) is 0 Å². The number of aromatic nitrogens is 4. The number of hydrogen-bond donors (Lipinski definition) is 4. The highest BCUT2D eigenvalue weighted by Gasteiger charge is 2.11. The minimum atomic E-state index is -3.74. The molecule has 0 fully saturated rings. The van der Waals surface area contributed by atoms with E-state index in [1.807, 2.05) is 0 Å². The first-order chi connectivity index (χ1) is 12.3. The highest BCUT2D eigenvalue weighted by molar-refractivity contribution is 7.89. The van der Waals surface area contributed by atoms with Crippen molar-refractivity contribution in [3.63, 3.8) is 0 Å². The first-order valence-electron chi connectivity index (χ1n) is 7.32. The van der Waals surface area contributed by atoms with E-state index in [-0.39, 0.29) is 29.2 Å². The number of anilines is 1. The number of halogens is 1. The Morgan fingerprint density at radius 3 is 2.65 bits per heavy atom. The van der Waals surface area contributed by atoms with Gasteiger partial charge in [-0.15, -0.1) is 0 Å². The fourth-order valence-corrected chi connectivity index (χ4v) is 2.84. The number of hydrogen-bond acceptors (Lipinski definition) is 7. The van der Waals surface area contributed by atoms with Crippen LogP contribution in [-0.4, -0.2) is 40.8 Å². The minimum absolute atomic E-state index is 0.0125. The molecule has 2 heterocycles. The largest absolute Gasteiger partial charge is 0.359 e. The number of imidazole rings is 1. The number of amides is 1. The average molecular weight is 396 g/mol. The van der Waals surface area contributed by atoms with Crippen molar-refractivity contribution in [2.24, 2.45) is 5.14 Å². The topological polar surface area (TPSA) is 156 Å². The third-order valence-electron chi connectivity index (χ3n) is 3.42. The van der Waals surface area contributed by atoms with Crippen molar-refractivity contribution in [3.8, 4) is 0 Å². The molecule has 0 atom stereocenters. The number of nitrogens with one attached hydrogen (secondary N) is 3. The van der Waals surface area contributed by atoms with Gasteiger partial charge in [0.1, 0.15) is 5.52 Å². The highest BCUT2D eigenvalue weighted by Crippen LogP contribution is 2.18. The molecular weight excluding hydrogens is 382 g/mol. The van der Waals surface area contributed by atoms with Crippen LogP contribution in [0.4, 0.5) is 5.82 Å². The summed E-state index contributed by atoms with van der Waals surface area (Å²) in [5.74, 6) is 0.0769. The molecule has 10 nitrogen and oxygen atoms in total. The summed E-state index contributed by atoms with van der Waals surface area (Å²) in [7, 11) is -3.74. The van der Waals surface area contributed by atoms with Gasteiger partial charge in [-0.05, 0) is 29.3 Å². The monoisotopic (exact) mass is 395 g/mol. The molecule has 3 rings (SSSR count). The Hall–Kier alpha value is -2.76. The molecule has 0 saturated carbocycles. The van der Waals surface area contributed by atoms with E-state index in [2.05, 4.69) is 30.6 Å². The number of fused-ring (bicyclic) bond motifs is 1. The summed E-state index contributed by atoms with van der Waals surface area (Å²) in [6.45, 7) is 0.187. The van der Waals surface area contributed by atoms with Crippen LogP contribution in [0.1, 0.15) is 5.56 Å². The van der Waals surface area contributed by atoms with Gasteiger partial charge in [-0.1, -0.05) is 12.1 Å². The molecule has 5 N–H and O–H groups in total. The van der Waals surface area contributed by atoms with E-state index in [0.717, 1.165) is 5.56 Å². The number of H-pyrrole nitrogens is 1. The van der Waals surface area contributed by atoms with Crippen LogP contribution in [0.3, 0.4) is 0 Å². The van der Waals surface area contributed by atoms with Crippen LogP contribution < -0.4 is 15.8 Å². The predicted octanol–water partition coefficient (Wildman–Crippen LogP) is 0.382. The van der Waals surface area contributed by atoms with Crippen LogP contribution in [0.15, 0.2) is 35.5 Å². The van der Waals surface area contributed by atoms with Crippen LogP contribution in [-0.2, 0) is 21.4 Å². The van der Waals surface area contributed by atoms with Crippen molar-refractivity contribution >= 4 is 44.5 Å². The van der Waals surface area contributed by atoms with E-state index < -0.39 is 10.0 Å². The Morgan fingerprint density at radius 2 is 1.96 bits per heavy atom. The van der Waals surface area contributed by atoms with Crippen molar-refractivity contribution in [1.82, 2.24) is 25.3 Å². The third kappa shape index (κ3) is 4.25. The second-order valence-corrected chi connectivity index (χ2v) is 7.16. The second-order valence-electron chi connectivity index (χ2n) is 5.26. The minimum Gasteiger partial charge on any atom is -0.359 e. The number of nitrogens with two attached hydrogens (primary N) is 1. The standard InChI is InChI=1S/C14H14ClN7O3S/c15-14-21-12(11-13(22-14)20-7-19-11)18-6-10(23)17-5-8-1-3-9(4-2-8)26(16,24)25/h1-4,7H,5-6H2,(H,17,23)(H2,16,24,25)(H2,18,19,20,21,22). The molecule has 0 aliphatic heterocycles. The van der Waals surface area contributed by atoms with Crippen molar-refractivity contribution in [1.29, 1.82) is 0 Å². The second kappa shape index (κ2) is 7.23. The van der Waals surface area contributed by atoms with Gasteiger partial charge in [0.25, 0.3) is 0 Å². The normalized spacial score (nSPS) is 11.5. The number of carbonyl (C=O) groups excluding carboxylic acids is 1. The summed E-state index contributed by atoms with van der Waals surface area (Å²) in [6, 6.07) is 5.91. The Bertz CT molecular complexity index is 1050. The molecule has 1 amide bonds. The van der Waals surface area contributed by atoms with Crippen molar-refractivity contribution < 1.29 is 13.2 Å². The first-order valence-corrected chi connectivity index (χ1v) is 9.24. The van der Waals surface area contributed by atoms with Gasteiger partial charge in [0, 0.05) is 6.54 Å². The van der Waals surface area contributed by atoms with E-state index >= 15 is 0 Å². The quantitative estimate of drug-likeness (QED) is 0.439. The average Bonchev–Trinajstić information content (AvgIpc) is 3.05. The molecule has 136 valence electrons. The smallest absolute Gasteiger partial charge is 0.239 e. The van der Waals surface area contributed by atoms with Gasteiger partial charge in [-0.25, -0.2) is 18.5 Å². The molecule has 0 spiro atoms. The van der Waals surface area contributed by atoms with E-state index in [0.29, 0.717) is 17.0 Å². The van der Waals surface area contributed by atoms with Crippen LogP contribution in [0.5, 0.6) is 0 Å². The summed E-state index contributed by atoms with van der Waals surface area (Å²) in [5.41, 5.74) is 1.66. The molecular formula is C14H14ClN7O3S. The lowest BCUT2D eigenvalue weighted by Crippen LogP contribution is -2.29. The Kier molecular flexibility index (Phi) is 5.02. The van der Waals surface area contributed by atoms with E-state index in [1.54, 1.807) is 12.1 Å². The zero-order chi connectivity index (χ0) is 18.7. The zero-order valence-corrected chi connectivity index (χ0v) is 14.8. The van der Waals surface area contributed by atoms with Crippen molar-refractivity contribution in [3.05, 3.63) is 41.4 Å². The Labute approximate surface area is 153 Å². The fourth-order valence-electron chi connectivity index (χ4n) is 2.16. The number of aromatic amines is 1. The maximum atomic E-state index is 12.0. The molecule has 0 radical (unpaired) electrons. The SMILES string of the molecule is NS(=O)(=O)c1ccc(CNC(=O)CNc2nc(Cl)nc3nc[nH]c23)cc1. The summed E-state index contributed by atoms with van der Waals surface area (Å²) < 4.78 is 22.4. The van der Waals surface area contributed by atoms with Gasteiger partial charge in [0.2, 0.25) is 21.2 Å². The van der Waals surface area contributed by atoms with Crippen LogP contribution in [0.2, 0.25) is 5.28 Å². The van der Waals surface area contributed by atoms with Gasteiger partial charge in [0.15, 0.2) is 11.5 Å². The molecule has 0 aliphatic rings. The van der Waals surface area contributed by atoms with E-state index in [1.165, 1.54) is 18.5 Å². The summed E-state index contributed by atoms with van der Waals surface area (Å²) in [6.07, 6.45) is 1.45. The molecule has 0 unspecified atom stereocenters. The van der Waals surface area contributed by atoms with Crippen molar-refractivity contribution in [2.45, 2.75) is 11.4 Å². The lowest BCUT2D eigenvalue weighted by atomic mass is 10.2. The lowest BCUT2D eigenvalue weighted by Gasteiger charge is -2.08. The molecule has 12 heteroatoms. The van der Waals surface area contributed by atoms with Crippen LogP contribution in [0.25, 0.3) is 11.2 Å². The summed E-state index contributed by atoms with van der Waals surface area (Å²) >= 11 is 5.81. The molecule has 26 heavy (non-hydrogen) atoms. The Morgan fingerprint density at radius 1 is 1.23 bits per heavy atom. The number of nitrogens with zero attached hydrogens (tertiary/aromatic N) is 3. The van der Waals surface area contributed by atoms with E-state index in [9.17, 15) is 13.2 Å². The van der Waals surface area contributed by atoms with E-state index in [4.69, 9.17) is 16.7 Å². The molecule has 0 aliphatic carbocycles. The number of sulfonamides is 1. The number of carbonyl (C=O) groups is 1. The molecule has 1 aromatic carbocycles. The number of primary sulfonamides is 1. The summed E-state index contributed by atoms with van der Waals surface area (Å²) in [4.78, 5) is 26.8. The van der Waals surface area contributed by atoms with Gasteiger partial charge in [-0.2, -0.15) is 9.97 Å². The zero-order valence-electron chi connectivity index (χ0n) is 13.2. The first kappa shape index (κ1) is 18.0.